The van der Waals surface area contributed by atoms with Crippen LogP contribution in [0.25, 0.3) is 0 Å². The van der Waals surface area contributed by atoms with E-state index in [1.54, 1.807) is 0 Å². The highest BCUT2D eigenvalue weighted by molar-refractivity contribution is 5.97. The van der Waals surface area contributed by atoms with E-state index in [4.69, 9.17) is 0 Å². The topological polar surface area (TPSA) is 40.5 Å². The van der Waals surface area contributed by atoms with Gasteiger partial charge in [0.25, 0.3) is 0 Å². The van der Waals surface area contributed by atoms with Crippen molar-refractivity contribution in [1.29, 1.82) is 0 Å². The number of Topliss-reactive ketones (excluding diaryl/α,β-unsaturated/α-hetero) is 1. The summed E-state index contributed by atoms with van der Waals surface area (Å²) < 4.78 is 25.7. The maximum Gasteiger partial charge on any atom is 0.176 e. The number of ketones is 1. The molecule has 0 spiro atoms. The van der Waals surface area contributed by atoms with Crippen molar-refractivity contribution in [3.8, 4) is 0 Å². The average molecular weight is 255 g/mol. The van der Waals surface area contributed by atoms with E-state index < -0.39 is 17.7 Å². The summed E-state index contributed by atoms with van der Waals surface area (Å²) in [5, 5.41) is 9.48. The molecule has 0 bridgehead atoms. The highest BCUT2D eigenvalue weighted by atomic mass is 19.2. The fraction of sp³-hybridized carbons (Fsp3) is 0.462. The van der Waals surface area contributed by atoms with Gasteiger partial charge in [-0.3, -0.25) is 9.69 Å². The molecular formula is C13H15F2NO2. The van der Waals surface area contributed by atoms with Crippen LogP contribution in [-0.4, -0.2) is 41.5 Å². The van der Waals surface area contributed by atoms with E-state index in [0.29, 0.717) is 6.54 Å². The fourth-order valence-electron chi connectivity index (χ4n) is 2.14. The summed E-state index contributed by atoms with van der Waals surface area (Å²) in [5.41, 5.74) is 0.161. The first-order valence-corrected chi connectivity index (χ1v) is 5.95. The molecule has 3 nitrogen and oxygen atoms in total. The number of carbonyl (C=O) groups excluding carboxylic acids is 1. The number of rotatable bonds is 3. The lowest BCUT2D eigenvalue weighted by molar-refractivity contribution is 0.0634. The van der Waals surface area contributed by atoms with Crippen LogP contribution in [-0.2, 0) is 0 Å². The summed E-state index contributed by atoms with van der Waals surface area (Å²) in [7, 11) is 0. The number of carbonyl (C=O) groups is 1. The SMILES string of the molecule is O=C(CN1CCCC(O)C1)c1ccc(F)c(F)c1. The Kier molecular flexibility index (Phi) is 4.04. The number of hydrogen-bond acceptors (Lipinski definition) is 3. The van der Waals surface area contributed by atoms with Crippen molar-refractivity contribution in [2.75, 3.05) is 19.6 Å². The van der Waals surface area contributed by atoms with E-state index >= 15 is 0 Å². The molecule has 0 amide bonds. The van der Waals surface area contributed by atoms with E-state index in [1.165, 1.54) is 6.07 Å². The summed E-state index contributed by atoms with van der Waals surface area (Å²) in [6, 6.07) is 3.15. The first-order chi connectivity index (χ1) is 8.56. The zero-order chi connectivity index (χ0) is 13.1. The smallest absolute Gasteiger partial charge is 0.176 e. The maximum atomic E-state index is 13.0. The summed E-state index contributed by atoms with van der Waals surface area (Å²) in [5.74, 6) is -2.23. The van der Waals surface area contributed by atoms with Gasteiger partial charge in [-0.05, 0) is 37.6 Å². The van der Waals surface area contributed by atoms with Crippen molar-refractivity contribution in [2.24, 2.45) is 0 Å². The molecule has 1 heterocycles. The molecule has 1 saturated heterocycles. The predicted molar refractivity (Wildman–Crippen MR) is 62.4 cm³/mol. The van der Waals surface area contributed by atoms with Crippen LogP contribution in [0.5, 0.6) is 0 Å². The molecule has 1 N–H and O–H groups in total. The number of nitrogens with zero attached hydrogens (tertiary/aromatic N) is 1. The second kappa shape index (κ2) is 5.54. The van der Waals surface area contributed by atoms with Crippen LogP contribution in [0.3, 0.4) is 0 Å². The number of halogens is 2. The van der Waals surface area contributed by atoms with Crippen LogP contribution in [0.1, 0.15) is 23.2 Å². The molecular weight excluding hydrogens is 240 g/mol. The van der Waals surface area contributed by atoms with E-state index in [0.717, 1.165) is 31.5 Å². The van der Waals surface area contributed by atoms with Gasteiger partial charge in [0, 0.05) is 12.1 Å². The van der Waals surface area contributed by atoms with Crippen molar-refractivity contribution < 1.29 is 18.7 Å². The molecule has 2 rings (SSSR count). The standard InChI is InChI=1S/C13H15F2NO2/c14-11-4-3-9(6-12(11)15)13(18)8-16-5-1-2-10(17)7-16/h3-4,6,10,17H,1-2,5,7-8H2. The third-order valence-electron chi connectivity index (χ3n) is 3.09. The minimum atomic E-state index is -1.01. The number of hydrogen-bond donors (Lipinski definition) is 1. The Morgan fingerprint density at radius 2 is 2.17 bits per heavy atom. The summed E-state index contributed by atoms with van der Waals surface area (Å²) in [6.45, 7) is 1.32. The second-order valence-corrected chi connectivity index (χ2v) is 4.58. The van der Waals surface area contributed by atoms with Gasteiger partial charge in [-0.2, -0.15) is 0 Å². The summed E-state index contributed by atoms with van der Waals surface area (Å²) in [6.07, 6.45) is 1.18. The number of benzene rings is 1. The Hall–Kier alpha value is -1.33. The molecule has 0 aliphatic carbocycles. The third-order valence-corrected chi connectivity index (χ3v) is 3.09. The van der Waals surface area contributed by atoms with Gasteiger partial charge in [-0.15, -0.1) is 0 Å². The Bertz CT molecular complexity index is 451. The second-order valence-electron chi connectivity index (χ2n) is 4.58. The zero-order valence-electron chi connectivity index (χ0n) is 9.90. The first kappa shape index (κ1) is 13.1. The average Bonchev–Trinajstić information content (AvgIpc) is 2.32. The molecule has 1 fully saturated rings. The Labute approximate surface area is 104 Å². The predicted octanol–water partition coefficient (Wildman–Crippen LogP) is 1.60. The molecule has 18 heavy (non-hydrogen) atoms. The van der Waals surface area contributed by atoms with Gasteiger partial charge in [0.15, 0.2) is 17.4 Å². The van der Waals surface area contributed by atoms with Crippen molar-refractivity contribution in [1.82, 2.24) is 4.90 Å². The number of aliphatic hydroxyl groups is 1. The van der Waals surface area contributed by atoms with Gasteiger partial charge in [-0.1, -0.05) is 0 Å². The molecule has 1 aromatic rings. The highest BCUT2D eigenvalue weighted by Gasteiger charge is 2.20. The van der Waals surface area contributed by atoms with Gasteiger partial charge < -0.3 is 5.11 Å². The van der Waals surface area contributed by atoms with Crippen LogP contribution >= 0.6 is 0 Å². The molecule has 0 radical (unpaired) electrons. The Balaban J connectivity index is 2.00. The maximum absolute atomic E-state index is 13.0. The molecule has 0 saturated carbocycles. The monoisotopic (exact) mass is 255 g/mol. The normalized spacial score (nSPS) is 20.9. The van der Waals surface area contributed by atoms with E-state index in [1.807, 2.05) is 4.90 Å². The van der Waals surface area contributed by atoms with Gasteiger partial charge >= 0.3 is 0 Å². The zero-order valence-corrected chi connectivity index (χ0v) is 9.90. The molecule has 0 aromatic heterocycles. The lowest BCUT2D eigenvalue weighted by Crippen LogP contribution is -2.41. The quantitative estimate of drug-likeness (QED) is 0.834. The number of likely N-dealkylation sites (tertiary alicyclic amines) is 1. The molecule has 1 atom stereocenters. The minimum absolute atomic E-state index is 0.127. The molecule has 5 heteroatoms. The van der Waals surface area contributed by atoms with Crippen LogP contribution in [0.2, 0.25) is 0 Å². The Morgan fingerprint density at radius 1 is 1.39 bits per heavy atom. The van der Waals surface area contributed by atoms with Crippen LogP contribution in [0, 0.1) is 11.6 Å². The first-order valence-electron chi connectivity index (χ1n) is 5.95. The minimum Gasteiger partial charge on any atom is -0.392 e. The van der Waals surface area contributed by atoms with E-state index in [-0.39, 0.29) is 17.9 Å². The van der Waals surface area contributed by atoms with Gasteiger partial charge in [0.05, 0.1) is 12.6 Å². The molecule has 1 aliphatic rings. The molecule has 1 aromatic carbocycles. The fourth-order valence-corrected chi connectivity index (χ4v) is 2.14. The number of aliphatic hydroxyl groups excluding tert-OH is 1. The van der Waals surface area contributed by atoms with Crippen molar-refractivity contribution >= 4 is 5.78 Å². The lowest BCUT2D eigenvalue weighted by atomic mass is 10.1. The van der Waals surface area contributed by atoms with Crippen LogP contribution < -0.4 is 0 Å². The lowest BCUT2D eigenvalue weighted by Gasteiger charge is -2.29. The Morgan fingerprint density at radius 3 is 2.83 bits per heavy atom. The molecule has 98 valence electrons. The summed E-state index contributed by atoms with van der Waals surface area (Å²) >= 11 is 0. The van der Waals surface area contributed by atoms with Gasteiger partial charge in [-0.25, -0.2) is 8.78 Å². The largest absolute Gasteiger partial charge is 0.392 e. The number of piperidine rings is 1. The molecule has 1 unspecified atom stereocenters. The van der Waals surface area contributed by atoms with E-state index in [9.17, 15) is 18.7 Å². The third kappa shape index (κ3) is 3.11. The molecule has 1 aliphatic heterocycles. The number of β-amino-alcohol motifs (C(OH)–C–C–N with tert-alkyl or cyclic N) is 1. The van der Waals surface area contributed by atoms with Gasteiger partial charge in [0.2, 0.25) is 0 Å². The van der Waals surface area contributed by atoms with Gasteiger partial charge in [0.1, 0.15) is 0 Å². The van der Waals surface area contributed by atoms with Crippen molar-refractivity contribution in [3.05, 3.63) is 35.4 Å². The van der Waals surface area contributed by atoms with Crippen molar-refractivity contribution in [2.45, 2.75) is 18.9 Å². The van der Waals surface area contributed by atoms with Crippen molar-refractivity contribution in [3.63, 3.8) is 0 Å². The summed E-state index contributed by atoms with van der Waals surface area (Å²) in [4.78, 5) is 13.7. The van der Waals surface area contributed by atoms with Crippen LogP contribution in [0.15, 0.2) is 18.2 Å². The van der Waals surface area contributed by atoms with E-state index in [2.05, 4.69) is 0 Å². The highest BCUT2D eigenvalue weighted by Crippen LogP contribution is 2.13. The van der Waals surface area contributed by atoms with Crippen LogP contribution in [0.4, 0.5) is 8.78 Å².